The summed E-state index contributed by atoms with van der Waals surface area (Å²) in [5.41, 5.74) is 1.57. The minimum atomic E-state index is -0.681. The molecule has 0 spiro atoms. The van der Waals surface area contributed by atoms with E-state index in [0.717, 1.165) is 10.4 Å². The highest BCUT2D eigenvalue weighted by molar-refractivity contribution is 6.05. The molecule has 0 bridgehead atoms. The Hall–Kier alpha value is -3.40. The van der Waals surface area contributed by atoms with E-state index in [1.54, 1.807) is 12.3 Å². The first kappa shape index (κ1) is 18.9. The van der Waals surface area contributed by atoms with Crippen LogP contribution in [0.15, 0.2) is 53.0 Å². The first-order chi connectivity index (χ1) is 14.0. The molecular weight excluding hydrogens is 375 g/mol. The number of anilines is 1. The predicted octanol–water partition coefficient (Wildman–Crippen LogP) is 1.93. The Morgan fingerprint density at radius 3 is 2.97 bits per heavy atom. The second kappa shape index (κ2) is 7.55. The molecule has 0 saturated heterocycles. The van der Waals surface area contributed by atoms with Crippen LogP contribution in [0.25, 0.3) is 17.3 Å². The Balaban J connectivity index is 1.55. The van der Waals surface area contributed by atoms with Gasteiger partial charge in [0.2, 0.25) is 5.95 Å². The van der Waals surface area contributed by atoms with E-state index >= 15 is 0 Å². The van der Waals surface area contributed by atoms with Crippen molar-refractivity contribution in [1.29, 1.82) is 0 Å². The molecule has 4 heterocycles. The molecule has 0 saturated carbocycles. The fraction of sp³-hybridized carbons (Fsp3) is 0.316. The Labute approximate surface area is 167 Å². The van der Waals surface area contributed by atoms with Crippen LogP contribution >= 0.6 is 0 Å². The number of hydrogen-bond donors (Lipinski definition) is 2. The number of fused-ring (bicyclic) bond motifs is 1. The molecule has 29 heavy (non-hydrogen) atoms. The average Bonchev–Trinajstić information content (AvgIpc) is 3.33. The highest BCUT2D eigenvalue weighted by Crippen LogP contribution is 2.27. The highest BCUT2D eigenvalue weighted by Gasteiger charge is 2.34. The second-order valence-corrected chi connectivity index (χ2v) is 6.92. The fourth-order valence-corrected chi connectivity index (χ4v) is 3.35. The third-order valence-electron chi connectivity index (χ3n) is 4.58. The molecule has 2 aromatic heterocycles. The summed E-state index contributed by atoms with van der Waals surface area (Å²) < 4.78 is 14.2. The molecule has 0 amide bonds. The summed E-state index contributed by atoms with van der Waals surface area (Å²) in [4.78, 5) is 19.8. The zero-order valence-corrected chi connectivity index (χ0v) is 16.1. The minimum Gasteiger partial charge on any atom is -0.388 e. The molecule has 150 valence electrons. The zero-order chi connectivity index (χ0) is 20.5. The van der Waals surface area contributed by atoms with Crippen LogP contribution in [0, 0.1) is 0 Å². The monoisotopic (exact) mass is 396 g/mol. The summed E-state index contributed by atoms with van der Waals surface area (Å²) in [5.74, 6) is 1.57. The molecule has 4 rings (SSSR count). The number of rotatable bonds is 5. The van der Waals surface area contributed by atoms with E-state index < -0.39 is 5.95 Å². The molecule has 0 aliphatic carbocycles. The minimum absolute atomic E-state index is 0.0781. The van der Waals surface area contributed by atoms with Crippen molar-refractivity contribution < 1.29 is 9.50 Å². The number of hydrogen-bond acceptors (Lipinski definition) is 8. The largest absolute Gasteiger partial charge is 0.388 e. The van der Waals surface area contributed by atoms with Crippen LogP contribution in [0.3, 0.4) is 0 Å². The van der Waals surface area contributed by atoms with Gasteiger partial charge in [0, 0.05) is 30.2 Å². The Morgan fingerprint density at radius 1 is 1.45 bits per heavy atom. The van der Waals surface area contributed by atoms with Gasteiger partial charge in [0.25, 0.3) is 0 Å². The Morgan fingerprint density at radius 2 is 2.28 bits per heavy atom. The van der Waals surface area contributed by atoms with Gasteiger partial charge in [-0.15, -0.1) is 0 Å². The summed E-state index contributed by atoms with van der Waals surface area (Å²) in [7, 11) is 0. The molecule has 9 nitrogen and oxygen atoms in total. The van der Waals surface area contributed by atoms with Crippen LogP contribution in [0.2, 0.25) is 0 Å². The number of nitrogens with one attached hydrogen (secondary N) is 1. The van der Waals surface area contributed by atoms with Gasteiger partial charge in [-0.05, 0) is 26.5 Å². The lowest BCUT2D eigenvalue weighted by atomic mass is 10.1. The fourth-order valence-electron chi connectivity index (χ4n) is 3.35. The molecule has 0 aromatic carbocycles. The van der Waals surface area contributed by atoms with Crippen molar-refractivity contribution in [2.75, 3.05) is 18.5 Å². The van der Waals surface area contributed by atoms with Gasteiger partial charge in [-0.1, -0.05) is 0 Å². The predicted molar refractivity (Wildman–Crippen MR) is 109 cm³/mol. The number of aliphatic hydroxyl groups excluding tert-OH is 1. The lowest BCUT2D eigenvalue weighted by Gasteiger charge is -2.28. The van der Waals surface area contributed by atoms with Gasteiger partial charge in [-0.2, -0.15) is 9.49 Å². The number of dihydropyridines is 1. The van der Waals surface area contributed by atoms with Crippen molar-refractivity contribution in [1.82, 2.24) is 24.6 Å². The van der Waals surface area contributed by atoms with Gasteiger partial charge in [0.1, 0.15) is 30.1 Å². The molecule has 2 aliphatic rings. The lowest BCUT2D eigenvalue weighted by Crippen LogP contribution is -2.37. The summed E-state index contributed by atoms with van der Waals surface area (Å²) >= 11 is 0. The molecule has 0 radical (unpaired) electrons. The van der Waals surface area contributed by atoms with Crippen molar-refractivity contribution in [2.45, 2.75) is 25.9 Å². The topological polar surface area (TPSA) is 104 Å². The van der Waals surface area contributed by atoms with Crippen molar-refractivity contribution in [2.24, 2.45) is 9.98 Å². The van der Waals surface area contributed by atoms with E-state index in [-0.39, 0.29) is 18.7 Å². The first-order valence-corrected chi connectivity index (χ1v) is 9.19. The van der Waals surface area contributed by atoms with E-state index in [1.165, 1.54) is 12.4 Å². The lowest BCUT2D eigenvalue weighted by molar-refractivity contribution is 0.325. The van der Waals surface area contributed by atoms with Gasteiger partial charge in [-0.25, -0.2) is 14.6 Å². The molecule has 1 atom stereocenters. The average molecular weight is 396 g/mol. The van der Waals surface area contributed by atoms with Crippen molar-refractivity contribution in [3.8, 4) is 11.4 Å². The molecule has 2 aliphatic heterocycles. The van der Waals surface area contributed by atoms with Crippen molar-refractivity contribution >= 4 is 23.4 Å². The second-order valence-electron chi connectivity index (χ2n) is 6.92. The summed E-state index contributed by atoms with van der Waals surface area (Å²) in [6.45, 7) is 7.70. The van der Waals surface area contributed by atoms with Crippen LogP contribution < -0.4 is 5.32 Å². The zero-order valence-electron chi connectivity index (χ0n) is 16.1. The van der Waals surface area contributed by atoms with Crippen LogP contribution in [0.1, 0.15) is 13.8 Å². The smallest absolute Gasteiger partial charge is 0.206 e. The van der Waals surface area contributed by atoms with E-state index in [2.05, 4.69) is 50.8 Å². The Kier molecular flexibility index (Phi) is 4.93. The molecule has 1 unspecified atom stereocenters. The van der Waals surface area contributed by atoms with E-state index in [4.69, 9.17) is 0 Å². The maximum atomic E-state index is 13.2. The Bertz CT molecular complexity index is 1040. The number of nitrogens with zero attached hydrogens (tertiary/aromatic N) is 7. The first-order valence-electron chi connectivity index (χ1n) is 9.19. The van der Waals surface area contributed by atoms with Crippen LogP contribution in [-0.2, 0) is 0 Å². The van der Waals surface area contributed by atoms with Crippen molar-refractivity contribution in [3.63, 3.8) is 0 Å². The van der Waals surface area contributed by atoms with E-state index in [9.17, 15) is 9.50 Å². The molecule has 2 N–H and O–H groups in total. The molecule has 2 aromatic rings. The van der Waals surface area contributed by atoms with Gasteiger partial charge in [0.15, 0.2) is 5.82 Å². The summed E-state index contributed by atoms with van der Waals surface area (Å²) in [6.07, 6.45) is 6.47. The molecule has 10 heteroatoms. The van der Waals surface area contributed by atoms with Gasteiger partial charge < -0.3 is 15.3 Å². The standard InChI is InChI=1S/C19H21FN8O/c1-11(2)28-15-6-17(22-8-14(15)24-18(28)10-29)25-16-4-5-21-19(26-16)13-7-23-27(9-13)12(3)20/h4-7,9,11,14,29H,3,8,10H2,1-2H3,(H,21,22,25,26). The van der Waals surface area contributed by atoms with Crippen LogP contribution in [0.5, 0.6) is 0 Å². The quantitative estimate of drug-likeness (QED) is 0.800. The summed E-state index contributed by atoms with van der Waals surface area (Å²) in [6, 6.07) is 1.81. The number of aliphatic imine (C=N–C) groups is 2. The number of aliphatic hydroxyl groups is 1. The summed E-state index contributed by atoms with van der Waals surface area (Å²) in [5, 5.41) is 16.7. The SMILES string of the molecule is C=C(F)n1cc(-c2nccc(NC3=NCC4N=C(CO)N(C(C)C)C4=C3)n2)cn1. The van der Waals surface area contributed by atoms with Crippen LogP contribution in [0.4, 0.5) is 10.2 Å². The number of aromatic nitrogens is 4. The molecule has 0 fully saturated rings. The third kappa shape index (κ3) is 3.66. The van der Waals surface area contributed by atoms with Gasteiger partial charge >= 0.3 is 0 Å². The van der Waals surface area contributed by atoms with E-state index in [1.807, 2.05) is 11.0 Å². The maximum Gasteiger partial charge on any atom is 0.206 e. The number of halogens is 1. The normalized spacial score (nSPS) is 18.3. The van der Waals surface area contributed by atoms with Gasteiger partial charge in [-0.3, -0.25) is 9.98 Å². The molecular formula is C19H21FN8O. The van der Waals surface area contributed by atoms with Crippen LogP contribution in [-0.4, -0.2) is 66.7 Å². The third-order valence-corrected chi connectivity index (χ3v) is 4.58. The van der Waals surface area contributed by atoms with E-state index in [0.29, 0.717) is 35.4 Å². The van der Waals surface area contributed by atoms with Gasteiger partial charge in [0.05, 0.1) is 18.3 Å². The maximum absolute atomic E-state index is 13.2. The number of amidine groups is 2. The highest BCUT2D eigenvalue weighted by atomic mass is 19.1. The van der Waals surface area contributed by atoms with Crippen molar-refractivity contribution in [3.05, 3.63) is 43.0 Å².